The highest BCUT2D eigenvalue weighted by Gasteiger charge is 2.09. The third kappa shape index (κ3) is 2.49. The van der Waals surface area contributed by atoms with Gasteiger partial charge in [-0.25, -0.2) is 4.79 Å². The number of hydrogen-bond donors (Lipinski definition) is 0. The second-order valence-electron chi connectivity index (χ2n) is 2.52. The Morgan fingerprint density at radius 3 is 2.77 bits per heavy atom. The van der Waals surface area contributed by atoms with Gasteiger partial charge in [0.25, 0.3) is 0 Å². The normalized spacial score (nSPS) is 9.69. The first-order valence-corrected chi connectivity index (χ1v) is 4.70. The third-order valence-electron chi connectivity index (χ3n) is 1.67. The molecule has 0 spiro atoms. The number of ether oxygens (including phenoxy) is 1. The molecular weight excluding hydrogens is 184 g/mol. The number of esters is 1. The second kappa shape index (κ2) is 4.92. The molecule has 3 heteroatoms. The zero-order valence-corrected chi connectivity index (χ0v) is 8.26. The molecule has 0 bridgehead atoms. The molecule has 0 aliphatic carbocycles. The largest absolute Gasteiger partial charge is 0.462 e. The molecule has 69 valence electrons. The van der Waals surface area contributed by atoms with E-state index in [0.717, 1.165) is 5.56 Å². The van der Waals surface area contributed by atoms with Crippen LogP contribution in [0.5, 0.6) is 0 Å². The molecule has 2 nitrogen and oxygen atoms in total. The van der Waals surface area contributed by atoms with Crippen LogP contribution in [0.15, 0.2) is 24.3 Å². The molecule has 1 radical (unpaired) electrons. The Morgan fingerprint density at radius 1 is 1.46 bits per heavy atom. The van der Waals surface area contributed by atoms with Crippen molar-refractivity contribution in [3.05, 3.63) is 35.4 Å². The first-order chi connectivity index (χ1) is 6.29. The van der Waals surface area contributed by atoms with Crippen LogP contribution in [0.25, 0.3) is 0 Å². The Hall–Kier alpha value is -0.960. The van der Waals surface area contributed by atoms with E-state index in [2.05, 4.69) is 0 Å². The molecule has 0 aromatic heterocycles. The van der Waals surface area contributed by atoms with Gasteiger partial charge in [0.2, 0.25) is 0 Å². The van der Waals surface area contributed by atoms with Crippen LogP contribution in [0.4, 0.5) is 0 Å². The molecule has 0 fully saturated rings. The summed E-state index contributed by atoms with van der Waals surface area (Å²) in [4.78, 5) is 11.4. The summed E-state index contributed by atoms with van der Waals surface area (Å²) in [5.41, 5.74) is 1.44. The lowest BCUT2D eigenvalue weighted by Gasteiger charge is -2.05. The third-order valence-corrected chi connectivity index (χ3v) is 1.98. The lowest BCUT2D eigenvalue weighted by atomic mass is 10.1. The Labute approximate surface area is 83.3 Å². The fraction of sp³-hybridized carbons (Fsp3) is 0.300. The second-order valence-corrected chi connectivity index (χ2v) is 2.81. The van der Waals surface area contributed by atoms with Gasteiger partial charge in [-0.1, -0.05) is 30.8 Å². The molecule has 13 heavy (non-hydrogen) atoms. The minimum Gasteiger partial charge on any atom is -0.462 e. The number of hydrogen-bond acceptors (Lipinski definition) is 2. The van der Waals surface area contributed by atoms with E-state index in [-0.39, 0.29) is 5.97 Å². The van der Waals surface area contributed by atoms with Gasteiger partial charge in [0.1, 0.15) is 0 Å². The minimum absolute atomic E-state index is 0.289. The van der Waals surface area contributed by atoms with E-state index >= 15 is 0 Å². The molecule has 0 aliphatic heterocycles. The summed E-state index contributed by atoms with van der Waals surface area (Å²) in [6.07, 6.45) is 0. The number of carbonyl (C=O) groups is 1. The molecular formula is C10H11O2S. The van der Waals surface area contributed by atoms with Crippen LogP contribution < -0.4 is 0 Å². The van der Waals surface area contributed by atoms with Crippen molar-refractivity contribution >= 4 is 18.6 Å². The molecule has 0 N–H and O–H groups in total. The van der Waals surface area contributed by atoms with Gasteiger partial charge in [0, 0.05) is 5.75 Å². The average molecular weight is 195 g/mol. The Bertz CT molecular complexity index is 297. The Morgan fingerprint density at radius 2 is 2.15 bits per heavy atom. The lowest BCUT2D eigenvalue weighted by Crippen LogP contribution is -2.07. The van der Waals surface area contributed by atoms with E-state index in [0.29, 0.717) is 17.9 Å². The molecule has 0 saturated carbocycles. The molecule has 0 unspecified atom stereocenters. The van der Waals surface area contributed by atoms with Gasteiger partial charge in [-0.15, -0.1) is 0 Å². The van der Waals surface area contributed by atoms with Gasteiger partial charge >= 0.3 is 5.97 Å². The Balaban J connectivity index is 2.92. The molecule has 1 aromatic rings. The van der Waals surface area contributed by atoms with Gasteiger partial charge in [-0.2, -0.15) is 0 Å². The van der Waals surface area contributed by atoms with Crippen molar-refractivity contribution in [3.63, 3.8) is 0 Å². The summed E-state index contributed by atoms with van der Waals surface area (Å²) in [5, 5.41) is 0. The summed E-state index contributed by atoms with van der Waals surface area (Å²) < 4.78 is 4.89. The summed E-state index contributed by atoms with van der Waals surface area (Å²) in [6, 6.07) is 7.25. The molecule has 0 heterocycles. The average Bonchev–Trinajstić information content (AvgIpc) is 2.18. The van der Waals surface area contributed by atoms with E-state index in [9.17, 15) is 4.79 Å². The first kappa shape index (κ1) is 10.1. The van der Waals surface area contributed by atoms with Crippen molar-refractivity contribution in [1.29, 1.82) is 0 Å². The van der Waals surface area contributed by atoms with Gasteiger partial charge in [-0.05, 0) is 18.6 Å². The van der Waals surface area contributed by atoms with Crippen LogP contribution in [0.3, 0.4) is 0 Å². The van der Waals surface area contributed by atoms with Crippen molar-refractivity contribution in [1.82, 2.24) is 0 Å². The zero-order valence-electron chi connectivity index (χ0n) is 7.45. The predicted octanol–water partition coefficient (Wildman–Crippen LogP) is 2.56. The molecule has 1 aromatic carbocycles. The van der Waals surface area contributed by atoms with Crippen molar-refractivity contribution in [2.75, 3.05) is 6.61 Å². The quantitative estimate of drug-likeness (QED) is 0.693. The van der Waals surface area contributed by atoms with Crippen LogP contribution in [0, 0.1) is 0 Å². The zero-order chi connectivity index (χ0) is 9.68. The fourth-order valence-corrected chi connectivity index (χ4v) is 1.31. The topological polar surface area (TPSA) is 26.3 Å². The molecule has 0 saturated heterocycles. The summed E-state index contributed by atoms with van der Waals surface area (Å²) in [5.74, 6) is 0.151. The van der Waals surface area contributed by atoms with E-state index in [1.807, 2.05) is 12.1 Å². The molecule has 0 atom stereocenters. The standard InChI is InChI=1S/C10H11O2S/c1-2-12-10(11)9-6-4-3-5-8(9)7-13/h3-6H,2,7H2,1H3. The van der Waals surface area contributed by atoms with Crippen LogP contribution in [-0.2, 0) is 10.5 Å². The monoisotopic (exact) mass is 195 g/mol. The maximum Gasteiger partial charge on any atom is 0.338 e. The van der Waals surface area contributed by atoms with Crippen LogP contribution >= 0.6 is 12.6 Å². The summed E-state index contributed by atoms with van der Waals surface area (Å²) >= 11 is 4.90. The number of benzene rings is 1. The number of rotatable bonds is 3. The lowest BCUT2D eigenvalue weighted by molar-refractivity contribution is 0.0525. The van der Waals surface area contributed by atoms with Crippen molar-refractivity contribution < 1.29 is 9.53 Å². The fourth-order valence-electron chi connectivity index (χ4n) is 1.05. The van der Waals surface area contributed by atoms with Crippen LogP contribution in [0.2, 0.25) is 0 Å². The highest BCUT2D eigenvalue weighted by atomic mass is 32.1. The maximum atomic E-state index is 11.4. The molecule has 0 amide bonds. The van der Waals surface area contributed by atoms with Crippen LogP contribution in [-0.4, -0.2) is 12.6 Å². The highest BCUT2D eigenvalue weighted by Crippen LogP contribution is 2.12. The maximum absolute atomic E-state index is 11.4. The van der Waals surface area contributed by atoms with E-state index < -0.39 is 0 Å². The van der Waals surface area contributed by atoms with Gasteiger partial charge in [-0.3, -0.25) is 0 Å². The van der Waals surface area contributed by atoms with Gasteiger partial charge < -0.3 is 4.74 Å². The van der Waals surface area contributed by atoms with Crippen LogP contribution in [0.1, 0.15) is 22.8 Å². The first-order valence-electron chi connectivity index (χ1n) is 4.12. The molecule has 0 aliphatic rings. The Kier molecular flexibility index (Phi) is 3.83. The summed E-state index contributed by atoms with van der Waals surface area (Å²) in [6.45, 7) is 2.18. The van der Waals surface area contributed by atoms with Gasteiger partial charge in [0.15, 0.2) is 0 Å². The van der Waals surface area contributed by atoms with E-state index in [1.165, 1.54) is 0 Å². The van der Waals surface area contributed by atoms with Crippen molar-refractivity contribution in [3.8, 4) is 0 Å². The number of carbonyl (C=O) groups excluding carboxylic acids is 1. The van der Waals surface area contributed by atoms with E-state index in [4.69, 9.17) is 17.4 Å². The summed E-state index contributed by atoms with van der Waals surface area (Å²) in [7, 11) is 0. The highest BCUT2D eigenvalue weighted by molar-refractivity contribution is 7.79. The smallest absolute Gasteiger partial charge is 0.338 e. The van der Waals surface area contributed by atoms with Gasteiger partial charge in [0.05, 0.1) is 12.2 Å². The molecule has 1 rings (SSSR count). The van der Waals surface area contributed by atoms with Crippen molar-refractivity contribution in [2.24, 2.45) is 0 Å². The van der Waals surface area contributed by atoms with Crippen molar-refractivity contribution in [2.45, 2.75) is 12.7 Å². The minimum atomic E-state index is -0.289. The van der Waals surface area contributed by atoms with E-state index in [1.54, 1.807) is 19.1 Å². The SMILES string of the molecule is CCOC(=O)c1ccccc1C[S]. The predicted molar refractivity (Wildman–Crippen MR) is 53.7 cm³/mol.